The number of hydrogen-bond donors (Lipinski definition) is 2. The molecular weight excluding hydrogens is 228 g/mol. The molecule has 0 aliphatic rings. The molecule has 4 heteroatoms. The van der Waals surface area contributed by atoms with Gasteiger partial charge < -0.3 is 15.3 Å². The van der Waals surface area contributed by atoms with Gasteiger partial charge in [-0.25, -0.2) is 4.98 Å². The van der Waals surface area contributed by atoms with E-state index in [2.05, 4.69) is 18.8 Å². The van der Waals surface area contributed by atoms with Crippen molar-refractivity contribution in [2.24, 2.45) is 17.6 Å². The molecule has 0 fully saturated rings. The van der Waals surface area contributed by atoms with Crippen molar-refractivity contribution in [1.29, 1.82) is 0 Å². The minimum Gasteiger partial charge on any atom is -0.441 e. The second-order valence-electron chi connectivity index (χ2n) is 5.08. The van der Waals surface area contributed by atoms with Crippen LogP contribution >= 0.6 is 0 Å². The van der Waals surface area contributed by atoms with Crippen LogP contribution in [0.3, 0.4) is 0 Å². The van der Waals surface area contributed by atoms with E-state index in [4.69, 9.17) is 10.2 Å². The van der Waals surface area contributed by atoms with Crippen molar-refractivity contribution in [2.75, 3.05) is 6.61 Å². The molecular formula is C14H20N2O2. The quantitative estimate of drug-likeness (QED) is 0.871. The first kappa shape index (κ1) is 13.1. The lowest BCUT2D eigenvalue weighted by Crippen LogP contribution is -2.28. The van der Waals surface area contributed by atoms with Gasteiger partial charge in [-0.2, -0.15) is 0 Å². The van der Waals surface area contributed by atoms with Gasteiger partial charge >= 0.3 is 0 Å². The average Bonchev–Trinajstić information content (AvgIpc) is 2.68. The molecule has 3 N–H and O–H groups in total. The van der Waals surface area contributed by atoms with E-state index in [1.165, 1.54) is 0 Å². The number of aliphatic hydroxyl groups is 1. The molecule has 1 aromatic carbocycles. The molecule has 2 atom stereocenters. The zero-order valence-electron chi connectivity index (χ0n) is 11.1. The van der Waals surface area contributed by atoms with Crippen molar-refractivity contribution >= 4 is 11.1 Å². The summed E-state index contributed by atoms with van der Waals surface area (Å²) < 4.78 is 5.50. The highest BCUT2D eigenvalue weighted by atomic mass is 16.3. The number of aromatic nitrogens is 1. The van der Waals surface area contributed by atoms with E-state index in [0.717, 1.165) is 16.7 Å². The van der Waals surface area contributed by atoms with Crippen LogP contribution in [0.15, 0.2) is 22.6 Å². The van der Waals surface area contributed by atoms with Crippen LogP contribution in [0.2, 0.25) is 0 Å². The van der Waals surface area contributed by atoms with Crippen LogP contribution in [0.4, 0.5) is 0 Å². The molecule has 1 heterocycles. The van der Waals surface area contributed by atoms with Gasteiger partial charge in [0, 0.05) is 25.5 Å². The smallest absolute Gasteiger partial charge is 0.192 e. The Hall–Kier alpha value is -1.39. The maximum absolute atomic E-state index is 9.43. The lowest BCUT2D eigenvalue weighted by atomic mass is 9.85. The molecule has 0 spiro atoms. The molecule has 1 aromatic heterocycles. The first-order chi connectivity index (χ1) is 8.52. The van der Waals surface area contributed by atoms with Crippen LogP contribution in [0, 0.1) is 18.8 Å². The van der Waals surface area contributed by atoms with Crippen LogP contribution in [-0.2, 0) is 0 Å². The van der Waals surface area contributed by atoms with Gasteiger partial charge in [-0.05, 0) is 23.6 Å². The van der Waals surface area contributed by atoms with Crippen LogP contribution in [0.25, 0.3) is 11.1 Å². The summed E-state index contributed by atoms with van der Waals surface area (Å²) in [6.45, 7) is 6.05. The van der Waals surface area contributed by atoms with E-state index >= 15 is 0 Å². The van der Waals surface area contributed by atoms with Gasteiger partial charge in [-0.15, -0.1) is 0 Å². The fourth-order valence-corrected chi connectivity index (χ4v) is 2.25. The predicted molar refractivity (Wildman–Crippen MR) is 71.1 cm³/mol. The third kappa shape index (κ3) is 2.40. The molecule has 98 valence electrons. The SMILES string of the molecule is Cc1nc2ccc(C(N)C(CO)C(C)C)cc2o1. The van der Waals surface area contributed by atoms with Crippen LogP contribution < -0.4 is 5.73 Å². The lowest BCUT2D eigenvalue weighted by molar-refractivity contribution is 0.166. The molecule has 0 amide bonds. The van der Waals surface area contributed by atoms with Crippen molar-refractivity contribution in [3.05, 3.63) is 29.7 Å². The number of rotatable bonds is 4. The van der Waals surface area contributed by atoms with Crippen molar-refractivity contribution in [3.63, 3.8) is 0 Å². The molecule has 2 rings (SSSR count). The standard InChI is InChI=1S/C14H20N2O2/c1-8(2)11(7-17)14(15)10-4-5-12-13(6-10)18-9(3)16-12/h4-6,8,11,14,17H,7,15H2,1-3H3. The van der Waals surface area contributed by atoms with Crippen molar-refractivity contribution in [1.82, 2.24) is 4.98 Å². The van der Waals surface area contributed by atoms with Gasteiger partial charge in [-0.3, -0.25) is 0 Å². The zero-order valence-corrected chi connectivity index (χ0v) is 11.1. The highest BCUT2D eigenvalue weighted by molar-refractivity contribution is 5.73. The third-order valence-electron chi connectivity index (χ3n) is 3.43. The molecule has 2 unspecified atom stereocenters. The second kappa shape index (κ2) is 5.08. The topological polar surface area (TPSA) is 72.3 Å². The lowest BCUT2D eigenvalue weighted by Gasteiger charge is -2.25. The van der Waals surface area contributed by atoms with Crippen LogP contribution in [0.1, 0.15) is 31.3 Å². The second-order valence-corrected chi connectivity index (χ2v) is 5.08. The van der Waals surface area contributed by atoms with E-state index in [1.54, 1.807) is 0 Å². The Morgan fingerprint density at radius 1 is 1.39 bits per heavy atom. The highest BCUT2D eigenvalue weighted by Crippen LogP contribution is 2.28. The number of fused-ring (bicyclic) bond motifs is 1. The monoisotopic (exact) mass is 248 g/mol. The van der Waals surface area contributed by atoms with Gasteiger partial charge in [0.05, 0.1) is 0 Å². The summed E-state index contributed by atoms with van der Waals surface area (Å²) in [7, 11) is 0. The average molecular weight is 248 g/mol. The zero-order chi connectivity index (χ0) is 13.3. The Kier molecular flexibility index (Phi) is 3.68. The Balaban J connectivity index is 2.34. The molecule has 2 aromatic rings. The number of nitrogens with zero attached hydrogens (tertiary/aromatic N) is 1. The summed E-state index contributed by atoms with van der Waals surface area (Å²) in [5.41, 5.74) is 8.80. The fraction of sp³-hybridized carbons (Fsp3) is 0.500. The summed E-state index contributed by atoms with van der Waals surface area (Å²) in [5, 5.41) is 9.43. The fourth-order valence-electron chi connectivity index (χ4n) is 2.25. The van der Waals surface area contributed by atoms with Crippen molar-refractivity contribution in [2.45, 2.75) is 26.8 Å². The van der Waals surface area contributed by atoms with Gasteiger partial charge in [-0.1, -0.05) is 19.9 Å². The van der Waals surface area contributed by atoms with E-state index in [9.17, 15) is 5.11 Å². The highest BCUT2D eigenvalue weighted by Gasteiger charge is 2.22. The van der Waals surface area contributed by atoms with Crippen LogP contribution in [-0.4, -0.2) is 16.7 Å². The summed E-state index contributed by atoms with van der Waals surface area (Å²) in [6, 6.07) is 5.60. The minimum absolute atomic E-state index is 0.0477. The summed E-state index contributed by atoms with van der Waals surface area (Å²) >= 11 is 0. The Bertz CT molecular complexity index is 534. The van der Waals surface area contributed by atoms with Gasteiger partial charge in [0.2, 0.25) is 0 Å². The minimum atomic E-state index is -0.190. The van der Waals surface area contributed by atoms with Crippen molar-refractivity contribution < 1.29 is 9.52 Å². The number of nitrogens with two attached hydrogens (primary N) is 1. The molecule has 0 bridgehead atoms. The molecule has 4 nitrogen and oxygen atoms in total. The molecule has 18 heavy (non-hydrogen) atoms. The Morgan fingerprint density at radius 2 is 2.11 bits per heavy atom. The first-order valence-corrected chi connectivity index (χ1v) is 6.26. The number of benzene rings is 1. The molecule has 0 aliphatic heterocycles. The number of aliphatic hydroxyl groups excluding tert-OH is 1. The van der Waals surface area contributed by atoms with Gasteiger partial charge in [0.25, 0.3) is 0 Å². The summed E-state index contributed by atoms with van der Waals surface area (Å²) in [6.07, 6.45) is 0. The largest absolute Gasteiger partial charge is 0.441 e. The van der Waals surface area contributed by atoms with E-state index in [1.807, 2.05) is 25.1 Å². The molecule has 0 radical (unpaired) electrons. The van der Waals surface area contributed by atoms with E-state index in [0.29, 0.717) is 11.8 Å². The molecule has 0 aliphatic carbocycles. The predicted octanol–water partition coefficient (Wildman–Crippen LogP) is 2.40. The maximum atomic E-state index is 9.43. The van der Waals surface area contributed by atoms with E-state index < -0.39 is 0 Å². The summed E-state index contributed by atoms with van der Waals surface area (Å²) in [5.74, 6) is 1.03. The maximum Gasteiger partial charge on any atom is 0.192 e. The number of aryl methyl sites for hydroxylation is 1. The summed E-state index contributed by atoms with van der Waals surface area (Å²) in [4.78, 5) is 4.26. The van der Waals surface area contributed by atoms with Crippen LogP contribution in [0.5, 0.6) is 0 Å². The van der Waals surface area contributed by atoms with Crippen molar-refractivity contribution in [3.8, 4) is 0 Å². The number of hydrogen-bond acceptors (Lipinski definition) is 4. The normalized spacial score (nSPS) is 15.2. The Labute approximate surface area is 107 Å². The van der Waals surface area contributed by atoms with Gasteiger partial charge in [0.1, 0.15) is 5.52 Å². The van der Waals surface area contributed by atoms with Gasteiger partial charge in [0.15, 0.2) is 11.5 Å². The number of oxazole rings is 1. The third-order valence-corrected chi connectivity index (χ3v) is 3.43. The first-order valence-electron chi connectivity index (χ1n) is 6.26. The van der Waals surface area contributed by atoms with E-state index in [-0.39, 0.29) is 18.6 Å². The molecule has 0 saturated carbocycles. The Morgan fingerprint density at radius 3 is 2.72 bits per heavy atom. The molecule has 0 saturated heterocycles.